The highest BCUT2D eigenvalue weighted by Gasteiger charge is 2.09. The van der Waals surface area contributed by atoms with E-state index in [1.807, 2.05) is 0 Å². The topological polar surface area (TPSA) is 137 Å². The van der Waals surface area contributed by atoms with Gasteiger partial charge in [-0.2, -0.15) is 0 Å². The Kier molecular flexibility index (Phi) is 4.98. The number of azide groups is 2. The highest BCUT2D eigenvalue weighted by molar-refractivity contribution is 5.89. The Bertz CT molecular complexity index is 506. The molecule has 92 valence electrons. The normalized spacial score (nSPS) is 8.94. The fraction of sp³-hybridized carbons (Fsp3) is 0.333. The second-order valence-corrected chi connectivity index (χ2v) is 3.11. The highest BCUT2D eigenvalue weighted by Crippen LogP contribution is 2.10. The number of aromatic nitrogens is 1. The van der Waals surface area contributed by atoms with Gasteiger partial charge in [-0.15, -0.1) is 0 Å². The molecule has 9 heteroatoms. The lowest BCUT2D eigenvalue weighted by molar-refractivity contribution is 0.0600. The molecule has 0 fully saturated rings. The van der Waals surface area contributed by atoms with E-state index in [1.54, 1.807) is 0 Å². The molecule has 0 spiro atoms. The van der Waals surface area contributed by atoms with Gasteiger partial charge in [-0.05, 0) is 23.2 Å². The maximum absolute atomic E-state index is 11.4. The van der Waals surface area contributed by atoms with Gasteiger partial charge < -0.3 is 4.74 Å². The number of nitrogens with zero attached hydrogens (tertiary/aromatic N) is 7. The lowest BCUT2D eigenvalue weighted by atomic mass is 10.2. The summed E-state index contributed by atoms with van der Waals surface area (Å²) in [4.78, 5) is 20.7. The first-order valence-corrected chi connectivity index (χ1v) is 4.81. The summed E-state index contributed by atoms with van der Waals surface area (Å²) in [6, 6.07) is 2.92. The summed E-state index contributed by atoms with van der Waals surface area (Å²) in [5, 5.41) is 6.70. The standard InChI is InChI=1S/C9H9N7O2/c1-18-9(17)6-2-7(4-12-15-10)14-8(3-6)5-13-16-11/h2-3H,4-5H2,1H3. The zero-order chi connectivity index (χ0) is 13.4. The average Bonchev–Trinajstić information content (AvgIpc) is 2.41. The van der Waals surface area contributed by atoms with E-state index in [1.165, 1.54) is 19.2 Å². The van der Waals surface area contributed by atoms with Crippen molar-refractivity contribution in [3.05, 3.63) is 50.0 Å². The predicted octanol–water partition coefficient (Wildman–Crippen LogP) is 2.49. The molecule has 0 bridgehead atoms. The van der Waals surface area contributed by atoms with Gasteiger partial charge in [0.15, 0.2) is 0 Å². The van der Waals surface area contributed by atoms with E-state index in [2.05, 4.69) is 29.8 Å². The van der Waals surface area contributed by atoms with E-state index in [0.717, 1.165) is 0 Å². The van der Waals surface area contributed by atoms with Crippen molar-refractivity contribution in [2.45, 2.75) is 13.1 Å². The molecule has 0 radical (unpaired) electrons. The molecule has 1 heterocycles. The summed E-state index contributed by atoms with van der Waals surface area (Å²) >= 11 is 0. The van der Waals surface area contributed by atoms with Crippen LogP contribution in [0.4, 0.5) is 0 Å². The van der Waals surface area contributed by atoms with Crippen molar-refractivity contribution in [2.24, 2.45) is 10.2 Å². The number of hydrogen-bond donors (Lipinski definition) is 0. The minimum atomic E-state index is -0.540. The quantitative estimate of drug-likeness (QED) is 0.342. The summed E-state index contributed by atoms with van der Waals surface area (Å²) < 4.78 is 4.58. The van der Waals surface area contributed by atoms with Crippen LogP contribution in [0.2, 0.25) is 0 Å². The van der Waals surface area contributed by atoms with Crippen LogP contribution in [0.25, 0.3) is 20.9 Å². The van der Waals surface area contributed by atoms with E-state index >= 15 is 0 Å². The molecule has 0 aliphatic rings. The summed E-state index contributed by atoms with van der Waals surface area (Å²) in [6.45, 7) is 0.00913. The van der Waals surface area contributed by atoms with Crippen molar-refractivity contribution in [2.75, 3.05) is 7.11 Å². The van der Waals surface area contributed by atoms with Crippen LogP contribution in [0.1, 0.15) is 21.7 Å². The van der Waals surface area contributed by atoms with Crippen LogP contribution in [-0.2, 0) is 17.8 Å². The van der Waals surface area contributed by atoms with Gasteiger partial charge in [0.1, 0.15) is 0 Å². The number of methoxy groups -OCH3 is 1. The van der Waals surface area contributed by atoms with Crippen LogP contribution in [0.5, 0.6) is 0 Å². The van der Waals surface area contributed by atoms with E-state index in [0.29, 0.717) is 11.4 Å². The molecule has 0 unspecified atom stereocenters. The Labute approximate surface area is 102 Å². The van der Waals surface area contributed by atoms with Gasteiger partial charge in [-0.1, -0.05) is 10.2 Å². The molecule has 0 atom stereocenters. The monoisotopic (exact) mass is 247 g/mol. The second kappa shape index (κ2) is 6.74. The van der Waals surface area contributed by atoms with Gasteiger partial charge in [0.2, 0.25) is 0 Å². The van der Waals surface area contributed by atoms with E-state index in [-0.39, 0.29) is 18.7 Å². The molecule has 1 aromatic rings. The number of carbonyl (C=O) groups is 1. The van der Waals surface area contributed by atoms with Gasteiger partial charge in [0.05, 0.1) is 25.8 Å². The Morgan fingerprint density at radius 3 is 2.17 bits per heavy atom. The number of pyridine rings is 1. The van der Waals surface area contributed by atoms with Gasteiger partial charge in [-0.25, -0.2) is 4.79 Å². The summed E-state index contributed by atoms with van der Waals surface area (Å²) in [5.74, 6) is -0.540. The third kappa shape index (κ3) is 3.67. The minimum absolute atomic E-state index is 0.00457. The fourth-order valence-corrected chi connectivity index (χ4v) is 1.26. The molecule has 1 aromatic heterocycles. The maximum atomic E-state index is 11.4. The Balaban J connectivity index is 3.13. The first-order chi connectivity index (χ1) is 8.71. The van der Waals surface area contributed by atoms with Crippen molar-refractivity contribution >= 4 is 5.97 Å². The van der Waals surface area contributed by atoms with Crippen molar-refractivity contribution < 1.29 is 9.53 Å². The summed E-state index contributed by atoms with van der Waals surface area (Å²) in [5.41, 5.74) is 17.5. The average molecular weight is 247 g/mol. The fourth-order valence-electron chi connectivity index (χ4n) is 1.26. The first kappa shape index (κ1) is 13.3. The maximum Gasteiger partial charge on any atom is 0.337 e. The number of ether oxygens (including phenoxy) is 1. The Morgan fingerprint density at radius 1 is 1.28 bits per heavy atom. The number of hydrogen-bond acceptors (Lipinski definition) is 5. The molecule has 0 amide bonds. The van der Waals surface area contributed by atoms with Crippen molar-refractivity contribution in [3.63, 3.8) is 0 Å². The van der Waals surface area contributed by atoms with E-state index in [4.69, 9.17) is 11.1 Å². The zero-order valence-corrected chi connectivity index (χ0v) is 9.52. The SMILES string of the molecule is COC(=O)c1cc(CN=[N+]=[N-])nc(CN=[N+]=[N-])c1. The van der Waals surface area contributed by atoms with Gasteiger partial charge in [0, 0.05) is 21.2 Å². The van der Waals surface area contributed by atoms with Gasteiger partial charge in [-0.3, -0.25) is 4.98 Å². The summed E-state index contributed by atoms with van der Waals surface area (Å²) in [7, 11) is 1.25. The van der Waals surface area contributed by atoms with E-state index < -0.39 is 5.97 Å². The Hall–Kier alpha value is -2.76. The molecule has 0 N–H and O–H groups in total. The number of esters is 1. The smallest absolute Gasteiger partial charge is 0.337 e. The number of rotatable bonds is 5. The second-order valence-electron chi connectivity index (χ2n) is 3.11. The predicted molar refractivity (Wildman–Crippen MR) is 61.3 cm³/mol. The summed E-state index contributed by atoms with van der Waals surface area (Å²) in [6.07, 6.45) is 0. The van der Waals surface area contributed by atoms with Crippen LogP contribution in [0.15, 0.2) is 22.4 Å². The van der Waals surface area contributed by atoms with Crippen molar-refractivity contribution in [1.82, 2.24) is 4.98 Å². The Morgan fingerprint density at radius 2 is 1.78 bits per heavy atom. The lowest BCUT2D eigenvalue weighted by Gasteiger charge is -2.04. The first-order valence-electron chi connectivity index (χ1n) is 4.81. The third-order valence-electron chi connectivity index (χ3n) is 1.94. The van der Waals surface area contributed by atoms with Crippen molar-refractivity contribution in [3.8, 4) is 0 Å². The molecule has 9 nitrogen and oxygen atoms in total. The minimum Gasteiger partial charge on any atom is -0.465 e. The molecule has 0 aliphatic carbocycles. The van der Waals surface area contributed by atoms with Crippen LogP contribution in [0, 0.1) is 0 Å². The van der Waals surface area contributed by atoms with Gasteiger partial charge in [0.25, 0.3) is 0 Å². The molecular formula is C9H9N7O2. The third-order valence-corrected chi connectivity index (χ3v) is 1.94. The molecule has 1 rings (SSSR count). The molecule has 18 heavy (non-hydrogen) atoms. The molecule has 0 aromatic carbocycles. The van der Waals surface area contributed by atoms with Gasteiger partial charge >= 0.3 is 5.97 Å². The molecular weight excluding hydrogens is 238 g/mol. The number of carbonyl (C=O) groups excluding carboxylic acids is 1. The van der Waals surface area contributed by atoms with Crippen LogP contribution in [0.3, 0.4) is 0 Å². The molecule has 0 aliphatic heterocycles. The molecule has 0 saturated carbocycles. The zero-order valence-electron chi connectivity index (χ0n) is 9.52. The lowest BCUT2D eigenvalue weighted by Crippen LogP contribution is -2.05. The van der Waals surface area contributed by atoms with Crippen molar-refractivity contribution in [1.29, 1.82) is 0 Å². The molecule has 0 saturated heterocycles. The van der Waals surface area contributed by atoms with E-state index in [9.17, 15) is 4.79 Å². The van der Waals surface area contributed by atoms with Crippen LogP contribution < -0.4 is 0 Å². The van der Waals surface area contributed by atoms with Crippen LogP contribution >= 0.6 is 0 Å². The highest BCUT2D eigenvalue weighted by atomic mass is 16.5. The van der Waals surface area contributed by atoms with Crippen LogP contribution in [-0.4, -0.2) is 18.1 Å². The largest absolute Gasteiger partial charge is 0.465 e.